The number of benzene rings is 1. The van der Waals surface area contributed by atoms with Crippen LogP contribution in [0.25, 0.3) is 0 Å². The van der Waals surface area contributed by atoms with Gasteiger partial charge in [0.15, 0.2) is 11.6 Å². The predicted octanol–water partition coefficient (Wildman–Crippen LogP) is 6.44. The molecule has 0 atom stereocenters. The van der Waals surface area contributed by atoms with Gasteiger partial charge in [-0.2, -0.15) is 0 Å². The fraction of sp³-hybridized carbons (Fsp3) is 0.636. The van der Waals surface area contributed by atoms with Gasteiger partial charge in [0.1, 0.15) is 0 Å². The molecule has 0 radical (unpaired) electrons. The molecule has 2 heteroatoms. The van der Waals surface area contributed by atoms with E-state index in [1.54, 1.807) is 6.07 Å². The van der Waals surface area contributed by atoms with Gasteiger partial charge >= 0.3 is 0 Å². The van der Waals surface area contributed by atoms with Crippen LogP contribution in [0.3, 0.4) is 0 Å². The zero-order valence-corrected chi connectivity index (χ0v) is 14.7. The maximum absolute atomic E-state index is 13.7. The maximum Gasteiger partial charge on any atom is 0.174 e. The number of hydrogen-bond acceptors (Lipinski definition) is 0. The molecule has 0 N–H and O–H groups in total. The van der Waals surface area contributed by atoms with Crippen molar-refractivity contribution in [3.05, 3.63) is 34.9 Å². The van der Waals surface area contributed by atoms with E-state index in [4.69, 9.17) is 6.42 Å². The van der Waals surface area contributed by atoms with E-state index < -0.39 is 11.6 Å². The first-order valence-corrected chi connectivity index (χ1v) is 9.57. The second-order valence-electron chi connectivity index (χ2n) is 7.81. The predicted molar refractivity (Wildman–Crippen MR) is 94.7 cm³/mol. The van der Waals surface area contributed by atoms with Crippen LogP contribution in [-0.4, -0.2) is 0 Å². The maximum atomic E-state index is 13.7. The summed E-state index contributed by atoms with van der Waals surface area (Å²) >= 11 is 0. The minimum absolute atomic E-state index is 0.0602. The highest BCUT2D eigenvalue weighted by atomic mass is 19.2. The van der Waals surface area contributed by atoms with E-state index in [0.717, 1.165) is 36.2 Å². The van der Waals surface area contributed by atoms with Crippen LogP contribution in [0.15, 0.2) is 12.1 Å². The summed E-state index contributed by atoms with van der Waals surface area (Å²) in [6, 6.07) is 3.03. The van der Waals surface area contributed by atoms with Crippen LogP contribution in [0.4, 0.5) is 8.78 Å². The summed E-state index contributed by atoms with van der Waals surface area (Å²) < 4.78 is 27.3. The average molecular weight is 330 g/mol. The van der Waals surface area contributed by atoms with Gasteiger partial charge in [0, 0.05) is 0 Å². The van der Waals surface area contributed by atoms with Gasteiger partial charge in [0.05, 0.1) is 5.56 Å². The van der Waals surface area contributed by atoms with Crippen LogP contribution in [0.5, 0.6) is 0 Å². The Hall–Kier alpha value is -1.36. The van der Waals surface area contributed by atoms with Crippen molar-refractivity contribution in [2.75, 3.05) is 0 Å². The molecule has 0 nitrogen and oxygen atoms in total. The molecule has 0 saturated heterocycles. The van der Waals surface area contributed by atoms with Crippen LogP contribution < -0.4 is 0 Å². The fourth-order valence-corrected chi connectivity index (χ4v) is 4.94. The molecule has 2 aliphatic rings. The van der Waals surface area contributed by atoms with Crippen LogP contribution >= 0.6 is 0 Å². The van der Waals surface area contributed by atoms with Gasteiger partial charge in [-0.15, -0.1) is 6.42 Å². The highest BCUT2D eigenvalue weighted by molar-refractivity contribution is 5.39. The van der Waals surface area contributed by atoms with E-state index in [1.807, 2.05) is 0 Å². The Morgan fingerprint density at radius 2 is 1.54 bits per heavy atom. The normalized spacial score (nSPS) is 30.8. The molecule has 0 aromatic heterocycles. The molecule has 0 bridgehead atoms. The lowest BCUT2D eigenvalue weighted by Gasteiger charge is -2.38. The molecule has 0 spiro atoms. The number of halogens is 2. The molecule has 0 heterocycles. The van der Waals surface area contributed by atoms with Crippen LogP contribution in [0.1, 0.15) is 81.8 Å². The first-order chi connectivity index (χ1) is 11.6. The number of hydrogen-bond donors (Lipinski definition) is 0. The zero-order valence-electron chi connectivity index (χ0n) is 14.7. The van der Waals surface area contributed by atoms with E-state index >= 15 is 0 Å². The Morgan fingerprint density at radius 1 is 0.958 bits per heavy atom. The standard InChI is InChI=1S/C22H28F2/c1-3-15-5-7-17(8-6-15)18-9-11-19(12-10-18)20-13-16(4-2)22(24)21(23)14-20/h2,13-15,17-19H,3,5-12H2,1H3. The van der Waals surface area contributed by atoms with E-state index in [1.165, 1.54) is 51.0 Å². The van der Waals surface area contributed by atoms with E-state index in [-0.39, 0.29) is 5.56 Å². The Labute approximate surface area is 145 Å². The third-order valence-corrected chi connectivity index (χ3v) is 6.58. The second-order valence-corrected chi connectivity index (χ2v) is 7.81. The molecule has 130 valence electrons. The van der Waals surface area contributed by atoms with Crippen molar-refractivity contribution in [1.82, 2.24) is 0 Å². The number of rotatable bonds is 3. The summed E-state index contributed by atoms with van der Waals surface area (Å²) in [6.07, 6.45) is 16.8. The topological polar surface area (TPSA) is 0 Å². The van der Waals surface area contributed by atoms with Gasteiger partial charge in [-0.05, 0) is 79.9 Å². The lowest BCUT2D eigenvalue weighted by Crippen LogP contribution is -2.25. The second kappa shape index (κ2) is 7.68. The lowest BCUT2D eigenvalue weighted by molar-refractivity contribution is 0.158. The van der Waals surface area contributed by atoms with Gasteiger partial charge in [-0.3, -0.25) is 0 Å². The summed E-state index contributed by atoms with van der Waals surface area (Å²) in [4.78, 5) is 0. The van der Waals surface area contributed by atoms with E-state index in [0.29, 0.717) is 5.92 Å². The molecule has 2 saturated carbocycles. The summed E-state index contributed by atoms with van der Waals surface area (Å²) in [5, 5.41) is 0. The van der Waals surface area contributed by atoms with Gasteiger partial charge in [0.2, 0.25) is 0 Å². The first kappa shape index (κ1) is 17.5. The quantitative estimate of drug-likeness (QED) is 0.560. The molecule has 0 unspecified atom stereocenters. The van der Waals surface area contributed by atoms with Crippen molar-refractivity contribution in [3.8, 4) is 12.3 Å². The lowest BCUT2D eigenvalue weighted by atomic mass is 9.68. The molecular weight excluding hydrogens is 302 g/mol. The Kier molecular flexibility index (Phi) is 5.59. The number of terminal acetylenes is 1. The van der Waals surface area contributed by atoms with E-state index in [2.05, 4.69) is 12.8 Å². The highest BCUT2D eigenvalue weighted by Crippen LogP contribution is 2.44. The average Bonchev–Trinajstić information content (AvgIpc) is 2.64. The van der Waals surface area contributed by atoms with Crippen molar-refractivity contribution < 1.29 is 8.78 Å². The van der Waals surface area contributed by atoms with Crippen LogP contribution in [0.2, 0.25) is 0 Å². The largest absolute Gasteiger partial charge is 0.204 e. The smallest absolute Gasteiger partial charge is 0.174 e. The van der Waals surface area contributed by atoms with Gasteiger partial charge in [-0.1, -0.05) is 32.1 Å². The van der Waals surface area contributed by atoms with Crippen molar-refractivity contribution in [2.24, 2.45) is 17.8 Å². The third kappa shape index (κ3) is 3.66. The molecule has 3 rings (SSSR count). The minimum atomic E-state index is -0.886. The van der Waals surface area contributed by atoms with Crippen molar-refractivity contribution in [1.29, 1.82) is 0 Å². The van der Waals surface area contributed by atoms with Gasteiger partial charge < -0.3 is 0 Å². The Bertz CT molecular complexity index is 597. The first-order valence-electron chi connectivity index (χ1n) is 9.57. The minimum Gasteiger partial charge on any atom is -0.204 e. The van der Waals surface area contributed by atoms with Crippen LogP contribution in [0, 0.1) is 41.7 Å². The van der Waals surface area contributed by atoms with Crippen LogP contribution in [-0.2, 0) is 0 Å². The molecule has 24 heavy (non-hydrogen) atoms. The SMILES string of the molecule is C#Cc1cc(C2CCC(C3CCC(CC)CC3)CC2)cc(F)c1F. The van der Waals surface area contributed by atoms with E-state index in [9.17, 15) is 8.78 Å². The zero-order chi connectivity index (χ0) is 17.1. The summed E-state index contributed by atoms with van der Waals surface area (Å²) in [6.45, 7) is 2.31. The molecule has 0 amide bonds. The van der Waals surface area contributed by atoms with Gasteiger partial charge in [-0.25, -0.2) is 8.78 Å². The van der Waals surface area contributed by atoms with Crippen molar-refractivity contribution in [3.63, 3.8) is 0 Å². The fourth-order valence-electron chi connectivity index (χ4n) is 4.94. The molecule has 2 aliphatic carbocycles. The Morgan fingerprint density at radius 3 is 2.08 bits per heavy atom. The molecular formula is C22H28F2. The van der Waals surface area contributed by atoms with Crippen molar-refractivity contribution >= 4 is 0 Å². The van der Waals surface area contributed by atoms with Crippen molar-refractivity contribution in [2.45, 2.75) is 70.6 Å². The third-order valence-electron chi connectivity index (χ3n) is 6.58. The summed E-state index contributed by atoms with van der Waals surface area (Å²) in [5.74, 6) is 3.57. The molecule has 0 aliphatic heterocycles. The molecule has 2 fully saturated rings. The summed E-state index contributed by atoms with van der Waals surface area (Å²) in [5.41, 5.74) is 0.944. The van der Waals surface area contributed by atoms with Gasteiger partial charge in [0.25, 0.3) is 0 Å². The molecule has 1 aromatic carbocycles. The Balaban J connectivity index is 1.60. The summed E-state index contributed by atoms with van der Waals surface area (Å²) in [7, 11) is 0. The monoisotopic (exact) mass is 330 g/mol. The highest BCUT2D eigenvalue weighted by Gasteiger charge is 2.31. The molecule has 1 aromatic rings.